The van der Waals surface area contributed by atoms with Crippen LogP contribution in [0.15, 0.2) is 85.1 Å². The second kappa shape index (κ2) is 56.4. The van der Waals surface area contributed by atoms with Gasteiger partial charge in [0.1, 0.15) is 18.8 Å². The second-order valence-electron chi connectivity index (χ2n) is 22.0. The number of hydrogen-bond donors (Lipinski definition) is 3. The third kappa shape index (κ3) is 46.0. The Hall–Kier alpha value is -4.10. The topological polar surface area (TPSA) is 175 Å². The van der Waals surface area contributed by atoms with E-state index < -0.39 is 67.3 Å². The van der Waals surface area contributed by atoms with Gasteiger partial charge in [0.15, 0.2) is 24.6 Å². The van der Waals surface area contributed by atoms with E-state index in [9.17, 15) is 34.5 Å². The summed E-state index contributed by atoms with van der Waals surface area (Å²) in [6, 6.07) is 0. The minimum Gasteiger partial charge on any atom is -0.479 e. The van der Waals surface area contributed by atoms with Crippen molar-refractivity contribution < 1.29 is 58.2 Å². The largest absolute Gasteiger partial charge is 0.479 e. The number of aliphatic hydroxyl groups excluding tert-OH is 2. The van der Waals surface area contributed by atoms with Crippen LogP contribution in [0.3, 0.4) is 0 Å². The molecular weight excluding hydrogens is 1020 g/mol. The molecule has 0 aromatic rings. The van der Waals surface area contributed by atoms with Gasteiger partial charge in [-0.25, -0.2) is 4.79 Å². The number of hydrogen-bond acceptors (Lipinski definition) is 11. The molecular formula is C69H116O12. The molecule has 1 fully saturated rings. The van der Waals surface area contributed by atoms with Gasteiger partial charge in [0, 0.05) is 12.8 Å². The monoisotopic (exact) mass is 1140 g/mol. The first kappa shape index (κ1) is 74.9. The quantitative estimate of drug-likeness (QED) is 0.0228. The highest BCUT2D eigenvalue weighted by Crippen LogP contribution is 2.27. The summed E-state index contributed by atoms with van der Waals surface area (Å²) in [5.41, 5.74) is 0. The van der Waals surface area contributed by atoms with Gasteiger partial charge in [-0.05, 0) is 77.0 Å². The van der Waals surface area contributed by atoms with Crippen LogP contribution in [0.2, 0.25) is 0 Å². The van der Waals surface area contributed by atoms with Gasteiger partial charge >= 0.3 is 23.9 Å². The van der Waals surface area contributed by atoms with Crippen molar-refractivity contribution in [2.24, 2.45) is 0 Å². The number of esters is 3. The molecule has 0 amide bonds. The fourth-order valence-corrected chi connectivity index (χ4v) is 9.53. The minimum atomic E-state index is -1.92. The van der Waals surface area contributed by atoms with E-state index in [4.69, 9.17) is 23.7 Å². The molecule has 1 aliphatic rings. The van der Waals surface area contributed by atoms with Gasteiger partial charge in [0.25, 0.3) is 0 Å². The maximum atomic E-state index is 13.1. The third-order valence-electron chi connectivity index (χ3n) is 14.5. The second-order valence-corrected chi connectivity index (χ2v) is 22.0. The highest BCUT2D eigenvalue weighted by atomic mass is 16.7. The summed E-state index contributed by atoms with van der Waals surface area (Å²) < 4.78 is 28.4. The van der Waals surface area contributed by atoms with E-state index in [0.29, 0.717) is 19.3 Å². The average molecular weight is 1140 g/mol. The van der Waals surface area contributed by atoms with Crippen LogP contribution in [0, 0.1) is 0 Å². The summed E-state index contributed by atoms with van der Waals surface area (Å²) in [7, 11) is 0. The Balaban J connectivity index is 2.69. The van der Waals surface area contributed by atoms with Crippen molar-refractivity contribution in [2.45, 2.75) is 314 Å². The zero-order valence-corrected chi connectivity index (χ0v) is 51.3. The number of carboxylic acid groups (broad SMARTS) is 1. The average Bonchev–Trinajstić information content (AvgIpc) is 3.52. The molecule has 1 rings (SSSR count). The Morgan fingerprint density at radius 3 is 1.27 bits per heavy atom. The lowest BCUT2D eigenvalue weighted by molar-refractivity contribution is -0.301. The number of unbranched alkanes of at least 4 members (excludes halogenated alkanes) is 28. The van der Waals surface area contributed by atoms with Gasteiger partial charge in [-0.1, -0.05) is 266 Å². The lowest BCUT2D eigenvalue weighted by Gasteiger charge is -2.40. The molecule has 0 aromatic carbocycles. The summed E-state index contributed by atoms with van der Waals surface area (Å²) >= 11 is 0. The molecule has 464 valence electrons. The van der Waals surface area contributed by atoms with E-state index in [2.05, 4.69) is 87.6 Å². The Labute approximate surface area is 492 Å². The van der Waals surface area contributed by atoms with Crippen LogP contribution in [0.4, 0.5) is 0 Å². The number of allylic oxidation sites excluding steroid dienone is 13. The number of carbonyl (C=O) groups excluding carboxylic acids is 3. The standard InChI is InChI=1S/C69H116O12/c1-4-7-10-13-16-19-22-25-28-30-31-33-36-39-42-45-48-51-54-57-63(72)80-67-65(74)64(73)66(68(75)76)81-69(67)78-59-60(79-62(71)56-53-50-47-44-41-38-34-27-24-21-18-15-12-9-6-3)58-77-61(70)55-52-49-46-43-40-37-35-32-29-26-23-20-17-14-11-8-5-2/h9,12,17-18,20-21,26-27,29,34,41,44,50,53,60,64-67,69,73-74H,4-8,10-11,13-16,19,22-25,28,30-33,35-40,42-43,45-49,51-52,54-59H2,1-3H3,(H,75,76)/b12-9-,20-17-,21-18-,29-26-,34-27-,44-41-,53-50-. The van der Waals surface area contributed by atoms with Crippen molar-refractivity contribution in [3.8, 4) is 0 Å². The first-order valence-electron chi connectivity index (χ1n) is 32.6. The Kier molecular flexibility index (Phi) is 52.1. The Morgan fingerprint density at radius 1 is 0.432 bits per heavy atom. The van der Waals surface area contributed by atoms with Crippen molar-refractivity contribution in [3.05, 3.63) is 85.1 Å². The highest BCUT2D eigenvalue weighted by Gasteiger charge is 2.50. The van der Waals surface area contributed by atoms with Crippen molar-refractivity contribution in [2.75, 3.05) is 13.2 Å². The molecule has 0 saturated carbocycles. The van der Waals surface area contributed by atoms with Gasteiger partial charge in [0.05, 0.1) is 13.0 Å². The van der Waals surface area contributed by atoms with Crippen LogP contribution in [-0.4, -0.2) is 89.2 Å². The number of ether oxygens (including phenoxy) is 5. The molecule has 1 aliphatic heterocycles. The molecule has 1 saturated heterocycles. The zero-order valence-electron chi connectivity index (χ0n) is 51.3. The fraction of sp³-hybridized carbons (Fsp3) is 0.739. The molecule has 3 N–H and O–H groups in total. The molecule has 6 unspecified atom stereocenters. The van der Waals surface area contributed by atoms with E-state index >= 15 is 0 Å². The molecule has 0 spiro atoms. The summed E-state index contributed by atoms with van der Waals surface area (Å²) in [5, 5.41) is 31.6. The molecule has 0 radical (unpaired) electrons. The predicted octanol–water partition coefficient (Wildman–Crippen LogP) is 17.5. The number of aliphatic hydroxyl groups is 2. The van der Waals surface area contributed by atoms with Gasteiger partial charge in [-0.3, -0.25) is 14.4 Å². The van der Waals surface area contributed by atoms with E-state index in [1.54, 1.807) is 6.08 Å². The smallest absolute Gasteiger partial charge is 0.335 e. The normalized spacial score (nSPS) is 18.3. The maximum absolute atomic E-state index is 13.1. The van der Waals surface area contributed by atoms with Crippen LogP contribution in [-0.2, 0) is 42.9 Å². The minimum absolute atomic E-state index is 0.0504. The van der Waals surface area contributed by atoms with Crippen LogP contribution in [0.5, 0.6) is 0 Å². The van der Waals surface area contributed by atoms with Gasteiger partial charge in [-0.15, -0.1) is 0 Å². The molecule has 81 heavy (non-hydrogen) atoms. The summed E-state index contributed by atoms with van der Waals surface area (Å²) in [6.07, 6.45) is 61.4. The molecule has 1 heterocycles. The van der Waals surface area contributed by atoms with Gasteiger partial charge in [0.2, 0.25) is 0 Å². The molecule has 12 heteroatoms. The Bertz CT molecular complexity index is 1730. The first-order valence-corrected chi connectivity index (χ1v) is 32.6. The lowest BCUT2D eigenvalue weighted by Crippen LogP contribution is -2.61. The van der Waals surface area contributed by atoms with Crippen molar-refractivity contribution in [3.63, 3.8) is 0 Å². The summed E-state index contributed by atoms with van der Waals surface area (Å²) in [6.45, 7) is 5.80. The highest BCUT2D eigenvalue weighted by molar-refractivity contribution is 5.74. The van der Waals surface area contributed by atoms with Crippen molar-refractivity contribution >= 4 is 23.9 Å². The van der Waals surface area contributed by atoms with Crippen molar-refractivity contribution in [1.29, 1.82) is 0 Å². The number of carboxylic acids is 1. The fourth-order valence-electron chi connectivity index (χ4n) is 9.53. The summed E-state index contributed by atoms with van der Waals surface area (Å²) in [4.78, 5) is 51.2. The SMILES string of the molecule is CC/C=C\C/C=C\C/C=C\C/C=C\C/C=C\CC(=O)OC(COC(=O)CCCCCCCCC/C=C\C/C=C\CCCCC)COC1OC(C(=O)O)C(O)C(O)C1OC(=O)CCCCCCCCCCCCCCCCCCCCC. The first-order chi connectivity index (χ1) is 39.6. The van der Waals surface area contributed by atoms with Crippen LogP contribution < -0.4 is 0 Å². The molecule has 6 atom stereocenters. The van der Waals surface area contributed by atoms with Crippen LogP contribution >= 0.6 is 0 Å². The lowest BCUT2D eigenvalue weighted by atomic mass is 9.98. The molecule has 0 aliphatic carbocycles. The van der Waals surface area contributed by atoms with E-state index in [1.807, 2.05) is 12.2 Å². The maximum Gasteiger partial charge on any atom is 0.335 e. The van der Waals surface area contributed by atoms with Gasteiger partial charge < -0.3 is 39.0 Å². The van der Waals surface area contributed by atoms with Crippen molar-refractivity contribution in [1.82, 2.24) is 0 Å². The summed E-state index contributed by atoms with van der Waals surface area (Å²) in [5.74, 6) is -3.29. The van der Waals surface area contributed by atoms with Crippen LogP contribution in [0.1, 0.15) is 278 Å². The molecule has 0 aromatic heterocycles. The van der Waals surface area contributed by atoms with E-state index in [-0.39, 0.29) is 25.9 Å². The number of carbonyl (C=O) groups is 4. The molecule has 12 nitrogen and oxygen atoms in total. The van der Waals surface area contributed by atoms with Gasteiger partial charge in [-0.2, -0.15) is 0 Å². The number of aliphatic carboxylic acids is 1. The Morgan fingerprint density at radius 2 is 0.815 bits per heavy atom. The third-order valence-corrected chi connectivity index (χ3v) is 14.5. The van der Waals surface area contributed by atoms with E-state index in [0.717, 1.165) is 89.9 Å². The predicted molar refractivity (Wildman–Crippen MR) is 331 cm³/mol. The molecule has 0 bridgehead atoms. The van der Waals surface area contributed by atoms with E-state index in [1.165, 1.54) is 128 Å². The number of rotatable bonds is 55. The zero-order chi connectivity index (χ0) is 58.9. The van der Waals surface area contributed by atoms with Crippen LogP contribution in [0.25, 0.3) is 0 Å².